The van der Waals surface area contributed by atoms with E-state index in [-0.39, 0.29) is 20.7 Å². The Kier molecular flexibility index (Phi) is 3.73. The van der Waals surface area contributed by atoms with Crippen LogP contribution in [-0.2, 0) is 14.4 Å². The van der Waals surface area contributed by atoms with Gasteiger partial charge in [-0.25, -0.2) is 4.79 Å². The van der Waals surface area contributed by atoms with Crippen molar-refractivity contribution >= 4 is 57.3 Å². The molecule has 0 radical (unpaired) electrons. The molecule has 3 rings (SSSR count). The first-order valence-electron chi connectivity index (χ1n) is 6.74. The Labute approximate surface area is 141 Å². The second-order valence-electron chi connectivity index (χ2n) is 5.14. The van der Waals surface area contributed by atoms with Crippen LogP contribution >= 0.6 is 24.0 Å². The van der Waals surface area contributed by atoms with Crippen molar-refractivity contribution in [3.05, 3.63) is 34.7 Å². The summed E-state index contributed by atoms with van der Waals surface area (Å²) < 4.78 is 0.146. The van der Waals surface area contributed by atoms with E-state index in [9.17, 15) is 14.4 Å². The molecule has 1 aromatic rings. The number of aliphatic carboxylic acids is 1. The third-order valence-electron chi connectivity index (χ3n) is 3.82. The Balaban J connectivity index is 2.14. The van der Waals surface area contributed by atoms with Gasteiger partial charge in [0, 0.05) is 12.6 Å². The molecule has 1 atom stereocenters. The van der Waals surface area contributed by atoms with Crippen LogP contribution in [-0.4, -0.2) is 45.2 Å². The molecule has 2 aliphatic heterocycles. The molecule has 2 amide bonds. The Hall–Kier alpha value is -2.19. The number of rotatable bonds is 2. The average Bonchev–Trinajstić information content (AvgIpc) is 2.94. The number of anilines is 1. The van der Waals surface area contributed by atoms with Gasteiger partial charge in [0.2, 0.25) is 0 Å². The van der Waals surface area contributed by atoms with Crippen molar-refractivity contribution in [2.24, 2.45) is 0 Å². The number of benzene rings is 1. The predicted molar refractivity (Wildman–Crippen MR) is 90.9 cm³/mol. The molecule has 0 spiro atoms. The van der Waals surface area contributed by atoms with E-state index in [4.69, 9.17) is 17.3 Å². The van der Waals surface area contributed by atoms with E-state index in [1.165, 1.54) is 11.8 Å². The van der Waals surface area contributed by atoms with Gasteiger partial charge in [-0.3, -0.25) is 14.5 Å². The first-order chi connectivity index (χ1) is 10.8. The van der Waals surface area contributed by atoms with Crippen molar-refractivity contribution in [2.75, 3.05) is 11.9 Å². The highest BCUT2D eigenvalue weighted by atomic mass is 32.2. The van der Waals surface area contributed by atoms with Crippen LogP contribution in [0.1, 0.15) is 12.5 Å². The lowest BCUT2D eigenvalue weighted by atomic mass is 10.1. The molecule has 1 saturated heterocycles. The number of hydrogen-bond acceptors (Lipinski definition) is 5. The smallest absolute Gasteiger partial charge is 0.326 e. The van der Waals surface area contributed by atoms with Crippen LogP contribution in [0.2, 0.25) is 0 Å². The van der Waals surface area contributed by atoms with E-state index in [0.29, 0.717) is 11.3 Å². The lowest BCUT2D eigenvalue weighted by molar-refractivity contribution is -0.144. The van der Waals surface area contributed by atoms with Crippen molar-refractivity contribution in [1.82, 2.24) is 4.90 Å². The Morgan fingerprint density at radius 2 is 1.91 bits per heavy atom. The minimum absolute atomic E-state index is 0.146. The summed E-state index contributed by atoms with van der Waals surface area (Å²) in [5.74, 6) is -1.99. The zero-order chi connectivity index (χ0) is 16.9. The Morgan fingerprint density at radius 3 is 2.57 bits per heavy atom. The van der Waals surface area contributed by atoms with Crippen molar-refractivity contribution < 1.29 is 19.5 Å². The molecular weight excluding hydrogens is 336 g/mol. The second-order valence-corrected chi connectivity index (χ2v) is 6.79. The molecule has 1 fully saturated rings. The van der Waals surface area contributed by atoms with Crippen LogP contribution in [0, 0.1) is 0 Å². The number of amides is 2. The van der Waals surface area contributed by atoms with Crippen LogP contribution in [0.5, 0.6) is 0 Å². The number of carbonyl (C=O) groups is 3. The molecule has 23 heavy (non-hydrogen) atoms. The molecule has 0 aromatic heterocycles. The topological polar surface area (TPSA) is 77.9 Å². The van der Waals surface area contributed by atoms with E-state index in [1.54, 1.807) is 25.2 Å². The van der Waals surface area contributed by atoms with Gasteiger partial charge in [0.15, 0.2) is 0 Å². The highest BCUT2D eigenvalue weighted by Crippen LogP contribution is 2.44. The van der Waals surface area contributed by atoms with Gasteiger partial charge in [-0.2, -0.15) is 0 Å². The van der Waals surface area contributed by atoms with Crippen LogP contribution in [0.25, 0.3) is 5.57 Å². The molecule has 2 heterocycles. The second kappa shape index (κ2) is 5.47. The SMILES string of the molecule is C[C@@H](C(=O)O)N1C(=O)/C(=C2\C(=O)N(C)c3ccccc32)SC1=S. The summed E-state index contributed by atoms with van der Waals surface area (Å²) in [4.78, 5) is 39.0. The summed E-state index contributed by atoms with van der Waals surface area (Å²) in [5, 5.41) is 9.13. The van der Waals surface area contributed by atoms with Gasteiger partial charge < -0.3 is 10.0 Å². The predicted octanol–water partition coefficient (Wildman–Crippen LogP) is 1.71. The standard InChI is InChI=1S/C15H12N2O4S2/c1-7(14(20)21)17-13(19)11(23-15(17)22)10-8-5-3-4-6-9(8)16(2)12(10)18/h3-7H,1-2H3,(H,20,21)/b11-10+/t7-/m0/s1. The van der Waals surface area contributed by atoms with Gasteiger partial charge in [0.05, 0.1) is 16.2 Å². The normalized spacial score (nSPS) is 21.9. The number of carbonyl (C=O) groups excluding carboxylic acids is 2. The Bertz CT molecular complexity index is 802. The first kappa shape index (κ1) is 15.7. The summed E-state index contributed by atoms with van der Waals surface area (Å²) in [6.45, 7) is 1.39. The summed E-state index contributed by atoms with van der Waals surface area (Å²) in [7, 11) is 1.63. The number of fused-ring (bicyclic) bond motifs is 1. The van der Waals surface area contributed by atoms with E-state index in [2.05, 4.69) is 0 Å². The number of carboxylic acids is 1. The van der Waals surface area contributed by atoms with Crippen molar-refractivity contribution in [2.45, 2.75) is 13.0 Å². The van der Waals surface area contributed by atoms with E-state index in [0.717, 1.165) is 16.7 Å². The zero-order valence-corrected chi connectivity index (χ0v) is 13.9. The molecule has 1 N–H and O–H groups in total. The van der Waals surface area contributed by atoms with Gasteiger partial charge in [0.1, 0.15) is 10.4 Å². The maximum atomic E-state index is 12.6. The molecule has 118 valence electrons. The number of thiocarbonyl (C=S) groups is 1. The lowest BCUT2D eigenvalue weighted by Gasteiger charge is -2.18. The number of thioether (sulfide) groups is 1. The zero-order valence-electron chi connectivity index (χ0n) is 12.3. The lowest BCUT2D eigenvalue weighted by Crippen LogP contribution is -2.41. The van der Waals surface area contributed by atoms with Gasteiger partial charge >= 0.3 is 5.97 Å². The molecule has 0 aliphatic carbocycles. The third kappa shape index (κ3) is 2.25. The van der Waals surface area contributed by atoms with Gasteiger partial charge in [0.25, 0.3) is 11.8 Å². The van der Waals surface area contributed by atoms with Gasteiger partial charge in [-0.05, 0) is 13.0 Å². The molecule has 0 bridgehead atoms. The maximum Gasteiger partial charge on any atom is 0.326 e. The summed E-state index contributed by atoms with van der Waals surface area (Å²) in [5.41, 5.74) is 1.65. The summed E-state index contributed by atoms with van der Waals surface area (Å²) >= 11 is 6.11. The van der Waals surface area contributed by atoms with Crippen LogP contribution < -0.4 is 4.90 Å². The number of carboxylic acid groups (broad SMARTS) is 1. The number of likely N-dealkylation sites (N-methyl/N-ethyl adjacent to an activating group) is 1. The van der Waals surface area contributed by atoms with Crippen molar-refractivity contribution in [3.8, 4) is 0 Å². The maximum absolute atomic E-state index is 12.6. The molecule has 0 saturated carbocycles. The van der Waals surface area contributed by atoms with Gasteiger partial charge in [-0.15, -0.1) is 0 Å². The van der Waals surface area contributed by atoms with Gasteiger partial charge in [-0.1, -0.05) is 42.2 Å². The van der Waals surface area contributed by atoms with Crippen LogP contribution in [0.4, 0.5) is 5.69 Å². The largest absolute Gasteiger partial charge is 0.480 e. The number of hydrogen-bond donors (Lipinski definition) is 1. The van der Waals surface area contributed by atoms with Crippen LogP contribution in [0.15, 0.2) is 29.2 Å². The minimum Gasteiger partial charge on any atom is -0.480 e. The molecule has 8 heteroatoms. The molecular formula is C15H12N2O4S2. The summed E-state index contributed by atoms with van der Waals surface area (Å²) in [6, 6.07) is 6.07. The first-order valence-corrected chi connectivity index (χ1v) is 7.97. The fourth-order valence-corrected chi connectivity index (χ4v) is 4.05. The van der Waals surface area contributed by atoms with E-state index in [1.807, 2.05) is 6.07 Å². The molecule has 0 unspecified atom stereocenters. The average molecular weight is 348 g/mol. The van der Waals surface area contributed by atoms with E-state index < -0.39 is 17.9 Å². The number of nitrogens with zero attached hydrogens (tertiary/aromatic N) is 2. The van der Waals surface area contributed by atoms with E-state index >= 15 is 0 Å². The monoisotopic (exact) mass is 348 g/mol. The highest BCUT2D eigenvalue weighted by molar-refractivity contribution is 8.26. The Morgan fingerprint density at radius 1 is 1.26 bits per heavy atom. The van der Waals surface area contributed by atoms with Crippen molar-refractivity contribution in [1.29, 1.82) is 0 Å². The third-order valence-corrected chi connectivity index (χ3v) is 5.22. The molecule has 2 aliphatic rings. The molecule has 6 nitrogen and oxygen atoms in total. The fraction of sp³-hybridized carbons (Fsp3) is 0.200. The quantitative estimate of drug-likeness (QED) is 0.648. The fourth-order valence-electron chi connectivity index (χ4n) is 2.56. The highest BCUT2D eigenvalue weighted by Gasteiger charge is 2.43. The minimum atomic E-state index is -1.15. The van der Waals surface area contributed by atoms with Crippen LogP contribution in [0.3, 0.4) is 0 Å². The molecule has 1 aromatic carbocycles. The van der Waals surface area contributed by atoms with Crippen molar-refractivity contribution in [3.63, 3.8) is 0 Å². The summed E-state index contributed by atoms with van der Waals surface area (Å²) in [6.07, 6.45) is 0. The number of para-hydroxylation sites is 1.